The summed E-state index contributed by atoms with van der Waals surface area (Å²) in [6.45, 7) is 9.35. The Hall–Kier alpha value is -4.47. The van der Waals surface area contributed by atoms with Crippen LogP contribution in [0.2, 0.25) is 26.2 Å². The Kier molecular flexibility index (Phi) is 8.61. The summed E-state index contributed by atoms with van der Waals surface area (Å²) >= 11 is 0. The average Bonchev–Trinajstić information content (AvgIpc) is 3.14. The minimum absolute atomic E-state index is 0.227. The third-order valence-electron chi connectivity index (χ3n) is 10.3. The molecular weight excluding hydrogens is 637 g/mol. The third-order valence-corrected chi connectivity index (χ3v) is 15.8. The van der Waals surface area contributed by atoms with Crippen molar-refractivity contribution in [3.63, 3.8) is 0 Å². The number of hydrogen-bond donors (Lipinski definition) is 1. The molecule has 7 rings (SSSR count). The van der Waals surface area contributed by atoms with Crippen LogP contribution >= 0.6 is 0 Å². The minimum atomic E-state index is -2.28. The molecule has 1 N–H and O–H groups in total. The first kappa shape index (κ1) is 33.1. The van der Waals surface area contributed by atoms with Gasteiger partial charge < -0.3 is 19.3 Å². The number of benzene rings is 7. The highest BCUT2D eigenvalue weighted by atomic mass is 28.3. The zero-order chi connectivity index (χ0) is 34.4. The molecule has 0 aliphatic carbocycles. The summed E-state index contributed by atoms with van der Waals surface area (Å²) in [5, 5.41) is 20.7. The lowest BCUT2D eigenvalue weighted by atomic mass is 9.80. The van der Waals surface area contributed by atoms with Crippen molar-refractivity contribution in [3.05, 3.63) is 144 Å². The van der Waals surface area contributed by atoms with Crippen molar-refractivity contribution in [2.75, 3.05) is 26.7 Å². The van der Waals surface area contributed by atoms with Gasteiger partial charge in [-0.1, -0.05) is 129 Å². The van der Waals surface area contributed by atoms with Gasteiger partial charge in [0.1, 0.15) is 33.2 Å². The molecule has 0 aliphatic rings. The van der Waals surface area contributed by atoms with E-state index in [0.717, 1.165) is 28.2 Å². The average molecular weight is 681 g/mol. The number of aliphatic hydroxyl groups excluding tert-OH is 1. The third kappa shape index (κ3) is 5.63. The number of hydrogen-bond acceptors (Lipinski definition) is 4. The van der Waals surface area contributed by atoms with Crippen molar-refractivity contribution in [3.8, 4) is 11.5 Å². The van der Waals surface area contributed by atoms with Crippen LogP contribution in [0.4, 0.5) is 0 Å². The molecule has 6 heteroatoms. The van der Waals surface area contributed by atoms with Crippen LogP contribution in [0.1, 0.15) is 16.7 Å². The molecule has 0 unspecified atom stereocenters. The fraction of sp³-hybridized carbons (Fsp3) is 0.209. The van der Waals surface area contributed by atoms with Crippen molar-refractivity contribution in [2.45, 2.75) is 31.8 Å². The first-order valence-electron chi connectivity index (χ1n) is 16.9. The van der Waals surface area contributed by atoms with E-state index in [2.05, 4.69) is 129 Å². The molecule has 4 nitrogen and oxygen atoms in total. The molecule has 0 aromatic heterocycles. The molecule has 0 spiro atoms. The standard InChI is InChI=1S/C43H44O4Si2/c1-45-35-20-16-33(17-21-35)43(32-10-8-7-9-11-32,34-18-22-36(46-2)23-19-34)47-29-49(5,6)40-27-15-31-12-24-37-39(48(3,4)28-44)26-14-30-13-25-38(40)42(31)41(30)37/h7-27,44H,28-29H2,1-6H3. The van der Waals surface area contributed by atoms with Gasteiger partial charge in [-0.15, -0.1) is 0 Å². The minimum Gasteiger partial charge on any atom is -0.497 e. The second-order valence-corrected chi connectivity index (χ2v) is 23.6. The topological polar surface area (TPSA) is 47.9 Å². The summed E-state index contributed by atoms with van der Waals surface area (Å²) in [5.41, 5.74) is 2.26. The molecule has 0 bridgehead atoms. The van der Waals surface area contributed by atoms with Crippen molar-refractivity contribution < 1.29 is 19.3 Å². The quantitative estimate of drug-likeness (QED) is 0.0846. The molecule has 0 atom stereocenters. The van der Waals surface area contributed by atoms with Crippen LogP contribution in [0.25, 0.3) is 32.3 Å². The molecule has 0 radical (unpaired) electrons. The summed E-state index contributed by atoms with van der Waals surface area (Å²) < 4.78 is 18.6. The molecule has 248 valence electrons. The molecule has 0 aliphatic heterocycles. The molecule has 0 heterocycles. The van der Waals surface area contributed by atoms with Gasteiger partial charge in [-0.2, -0.15) is 0 Å². The van der Waals surface area contributed by atoms with Crippen molar-refractivity contribution in [2.24, 2.45) is 0 Å². The summed E-state index contributed by atoms with van der Waals surface area (Å²) in [6.07, 6.45) is 0.810. The van der Waals surface area contributed by atoms with E-state index in [0.29, 0.717) is 6.23 Å². The maximum atomic E-state index is 10.4. The molecule has 0 saturated carbocycles. The smallest absolute Gasteiger partial charge is 0.143 e. The predicted molar refractivity (Wildman–Crippen MR) is 210 cm³/mol. The van der Waals surface area contributed by atoms with Gasteiger partial charge >= 0.3 is 0 Å². The van der Waals surface area contributed by atoms with Crippen LogP contribution in [0.3, 0.4) is 0 Å². The van der Waals surface area contributed by atoms with Crippen LogP contribution in [0, 0.1) is 0 Å². The Morgan fingerprint density at radius 2 is 0.939 bits per heavy atom. The van der Waals surface area contributed by atoms with Gasteiger partial charge in [-0.3, -0.25) is 0 Å². The van der Waals surface area contributed by atoms with E-state index in [-0.39, 0.29) is 6.23 Å². The lowest BCUT2D eigenvalue weighted by Crippen LogP contribution is -2.49. The Bertz CT molecular complexity index is 2180. The molecule has 0 fully saturated rings. The van der Waals surface area contributed by atoms with Crippen molar-refractivity contribution in [1.82, 2.24) is 0 Å². The van der Waals surface area contributed by atoms with E-state index in [1.807, 2.05) is 24.3 Å². The van der Waals surface area contributed by atoms with Gasteiger partial charge in [0.15, 0.2) is 0 Å². The van der Waals surface area contributed by atoms with E-state index < -0.39 is 21.7 Å². The maximum absolute atomic E-state index is 10.4. The second kappa shape index (κ2) is 12.8. The Balaban J connectivity index is 1.39. The monoisotopic (exact) mass is 680 g/mol. The van der Waals surface area contributed by atoms with Gasteiger partial charge in [-0.25, -0.2) is 0 Å². The normalized spacial score (nSPS) is 12.6. The van der Waals surface area contributed by atoms with Crippen LogP contribution < -0.4 is 19.8 Å². The number of ether oxygens (including phenoxy) is 3. The van der Waals surface area contributed by atoms with Gasteiger partial charge in [0.05, 0.1) is 14.2 Å². The van der Waals surface area contributed by atoms with Crippen molar-refractivity contribution >= 4 is 58.8 Å². The summed E-state index contributed by atoms with van der Waals surface area (Å²) in [5.74, 6) is 1.61. The van der Waals surface area contributed by atoms with Crippen LogP contribution in [0.5, 0.6) is 11.5 Å². The highest BCUT2D eigenvalue weighted by molar-refractivity contribution is 6.92. The molecule has 7 aromatic rings. The highest BCUT2D eigenvalue weighted by Crippen LogP contribution is 2.42. The predicted octanol–water partition coefficient (Wildman–Crippen LogP) is 8.51. The number of rotatable bonds is 11. The second-order valence-electron chi connectivity index (χ2n) is 14.4. The van der Waals surface area contributed by atoms with Crippen LogP contribution in [-0.4, -0.2) is 47.9 Å². The Morgan fingerprint density at radius 3 is 1.39 bits per heavy atom. The first-order valence-corrected chi connectivity index (χ1v) is 23.4. The SMILES string of the molecule is COc1ccc(C(OC[Si](C)(C)c2ccc3ccc4c([Si](C)(C)CO)ccc5ccc2c3c54)(c2ccccc2)c2ccc(OC)cc2)cc1. The maximum Gasteiger partial charge on any atom is 0.143 e. The van der Waals surface area contributed by atoms with Gasteiger partial charge in [0, 0.05) is 12.5 Å². The summed E-state index contributed by atoms with van der Waals surface area (Å²) in [7, 11) is -0.896. The lowest BCUT2D eigenvalue weighted by Gasteiger charge is -2.39. The van der Waals surface area contributed by atoms with E-state index in [1.54, 1.807) is 14.2 Å². The van der Waals surface area contributed by atoms with Crippen LogP contribution in [0.15, 0.2) is 127 Å². The van der Waals surface area contributed by atoms with E-state index in [1.165, 1.54) is 42.7 Å². The van der Waals surface area contributed by atoms with Crippen molar-refractivity contribution in [1.29, 1.82) is 0 Å². The van der Waals surface area contributed by atoms with Gasteiger partial charge in [0.2, 0.25) is 0 Å². The van der Waals surface area contributed by atoms with E-state index in [4.69, 9.17) is 14.2 Å². The Labute approximate surface area is 291 Å². The van der Waals surface area contributed by atoms with E-state index >= 15 is 0 Å². The largest absolute Gasteiger partial charge is 0.497 e. The summed E-state index contributed by atoms with van der Waals surface area (Å²) in [4.78, 5) is 0. The van der Waals surface area contributed by atoms with Crippen LogP contribution in [-0.2, 0) is 10.3 Å². The molecule has 49 heavy (non-hydrogen) atoms. The highest BCUT2D eigenvalue weighted by Gasteiger charge is 2.40. The van der Waals surface area contributed by atoms with Gasteiger partial charge in [-0.05, 0) is 83.6 Å². The number of methoxy groups -OCH3 is 2. The van der Waals surface area contributed by atoms with E-state index in [9.17, 15) is 5.11 Å². The zero-order valence-electron chi connectivity index (χ0n) is 29.2. The molecule has 0 amide bonds. The fourth-order valence-corrected chi connectivity index (χ4v) is 11.4. The first-order chi connectivity index (χ1) is 23.6. The lowest BCUT2D eigenvalue weighted by molar-refractivity contribution is 0.0402. The fourth-order valence-electron chi connectivity index (χ4n) is 7.51. The van der Waals surface area contributed by atoms with Gasteiger partial charge in [0.25, 0.3) is 0 Å². The Morgan fingerprint density at radius 1 is 0.510 bits per heavy atom. The molecule has 7 aromatic carbocycles. The summed E-state index contributed by atoms with van der Waals surface area (Å²) in [6, 6.07) is 45.3. The zero-order valence-corrected chi connectivity index (χ0v) is 31.2. The number of aliphatic hydroxyl groups is 1. The molecule has 0 saturated heterocycles. The molecular formula is C43H44O4Si2.